The van der Waals surface area contributed by atoms with Crippen LogP contribution in [0.1, 0.15) is 83.1 Å². The Hall–Kier alpha value is -4.04. The predicted molar refractivity (Wildman–Crippen MR) is 243 cm³/mol. The summed E-state index contributed by atoms with van der Waals surface area (Å²) in [6, 6.07) is 22.2. The summed E-state index contributed by atoms with van der Waals surface area (Å²) < 4.78 is 5.33. The zero-order valence-electron chi connectivity index (χ0n) is 33.8. The van der Waals surface area contributed by atoms with Crippen LogP contribution < -0.4 is 0 Å². The lowest BCUT2D eigenvalue weighted by atomic mass is 9.83. The monoisotopic (exact) mass is 922 g/mol. The highest BCUT2D eigenvalue weighted by Crippen LogP contribution is 2.57. The molecule has 0 aliphatic carbocycles. The van der Waals surface area contributed by atoms with Gasteiger partial charge in [-0.3, -0.25) is 9.97 Å². The first-order valence-corrected chi connectivity index (χ1v) is 22.4. The second-order valence-corrected chi connectivity index (χ2v) is 19.1. The van der Waals surface area contributed by atoms with E-state index in [0.717, 1.165) is 39.1 Å². The quantitative estimate of drug-likeness (QED) is 0.162. The Morgan fingerprint density at radius 1 is 0.667 bits per heavy atom. The Bertz CT molecular complexity index is 2440. The molecule has 0 fully saturated rings. The second kappa shape index (κ2) is 17.4. The number of aliphatic imine (C=N–C) groups is 2. The van der Waals surface area contributed by atoms with Crippen molar-refractivity contribution in [3.8, 4) is 0 Å². The number of fused-ring (bicyclic) bond motifs is 2. The molecule has 10 nitrogen and oxygen atoms in total. The van der Waals surface area contributed by atoms with Crippen LogP contribution in [-0.4, -0.2) is 53.8 Å². The Morgan fingerprint density at radius 3 is 1.40 bits per heavy atom. The molecule has 0 spiro atoms. The third kappa shape index (κ3) is 8.07. The Kier molecular flexibility index (Phi) is 12.8. The van der Waals surface area contributed by atoms with Crippen LogP contribution in [0.4, 0.5) is 0 Å². The van der Waals surface area contributed by atoms with E-state index in [1.54, 1.807) is 18.5 Å². The topological polar surface area (TPSA) is 121 Å². The van der Waals surface area contributed by atoms with Crippen LogP contribution in [0.3, 0.4) is 0 Å². The second-order valence-electron chi connectivity index (χ2n) is 15.4. The van der Waals surface area contributed by atoms with Gasteiger partial charge in [0.1, 0.15) is 33.0 Å². The molecule has 2 aromatic heterocycles. The van der Waals surface area contributed by atoms with Gasteiger partial charge in [-0.05, 0) is 116 Å². The summed E-state index contributed by atoms with van der Waals surface area (Å²) in [4.78, 5) is 49.0. The molecule has 4 aliphatic heterocycles. The molecule has 4 aromatic rings. The number of nitrogens with zero attached hydrogens (tertiary/aromatic N) is 6. The van der Waals surface area contributed by atoms with Crippen LogP contribution in [0.25, 0.3) is 0 Å². The molecule has 16 heteroatoms. The Balaban J connectivity index is 0.000000182. The molecule has 2 aromatic carbocycles. The molecule has 4 atom stereocenters. The van der Waals surface area contributed by atoms with Crippen molar-refractivity contribution in [1.29, 1.82) is 0 Å². The highest BCUT2D eigenvalue weighted by atomic mass is 35.5. The lowest BCUT2D eigenvalue weighted by Gasteiger charge is -2.36. The number of pyridine rings is 2. The van der Waals surface area contributed by atoms with Crippen molar-refractivity contribution in [2.24, 2.45) is 21.8 Å². The standard InChI is InChI=1S/C23H23Cl2N3O2S.C21H19Cl2N3O2S/c1-5-30-21(29)19-18(13(2)3)28-20(17-11-10-16(25)12-26-17)23(4,27-22(28)31-19)14-6-8-15(24)9-7-14;1-11(2)16-17(19(27)28)29-20-25-21(3,12-4-6-13(22)7-5-12)18(26(16)20)15-9-8-14(23)10-24-15/h6-13,20H,5H2,1-4H3;4-11,18H,1-3H3,(H,27,28)/t20-,23+;18-,21+/m11/s1. The minimum Gasteiger partial charge on any atom is -0.477 e. The molecule has 4 aliphatic rings. The van der Waals surface area contributed by atoms with Gasteiger partial charge in [0, 0.05) is 33.8 Å². The lowest BCUT2D eigenvalue weighted by molar-refractivity contribution is -0.137. The third-order valence-corrected chi connectivity index (χ3v) is 13.7. The summed E-state index contributed by atoms with van der Waals surface area (Å²) in [5.74, 6) is -1.17. The molecule has 0 unspecified atom stereocenters. The maximum atomic E-state index is 12.7. The van der Waals surface area contributed by atoms with Crippen molar-refractivity contribution < 1.29 is 19.4 Å². The molecule has 60 heavy (non-hydrogen) atoms. The highest BCUT2D eigenvalue weighted by molar-refractivity contribution is 8.18. The van der Waals surface area contributed by atoms with Gasteiger partial charge in [0.2, 0.25) is 0 Å². The fourth-order valence-electron chi connectivity index (χ4n) is 8.02. The van der Waals surface area contributed by atoms with Gasteiger partial charge in [0.05, 0.1) is 28.0 Å². The van der Waals surface area contributed by atoms with E-state index in [0.29, 0.717) is 41.7 Å². The van der Waals surface area contributed by atoms with Crippen LogP contribution in [0, 0.1) is 11.8 Å². The van der Waals surface area contributed by atoms with Crippen LogP contribution in [0.15, 0.2) is 116 Å². The number of esters is 1. The number of allylic oxidation sites excluding steroid dienone is 2. The average Bonchev–Trinajstić information content (AvgIpc) is 3.92. The molecular weight excluding hydrogens is 882 g/mol. The van der Waals surface area contributed by atoms with Crippen LogP contribution in [0.5, 0.6) is 0 Å². The highest BCUT2D eigenvalue weighted by Gasteiger charge is 2.55. The minimum atomic E-state index is -0.938. The van der Waals surface area contributed by atoms with Crippen molar-refractivity contribution in [1.82, 2.24) is 19.8 Å². The van der Waals surface area contributed by atoms with E-state index in [1.165, 1.54) is 23.5 Å². The first-order valence-electron chi connectivity index (χ1n) is 19.3. The van der Waals surface area contributed by atoms with E-state index in [9.17, 15) is 14.7 Å². The number of carboxylic acids is 1. The minimum absolute atomic E-state index is 0.00340. The number of ether oxygens (including phenoxy) is 1. The number of thioether (sulfide) groups is 2. The number of hydrogen-bond donors (Lipinski definition) is 1. The maximum absolute atomic E-state index is 12.7. The zero-order chi connectivity index (χ0) is 43.3. The molecule has 0 bridgehead atoms. The fraction of sp³-hybridized carbons (Fsp3) is 0.318. The lowest BCUT2D eigenvalue weighted by Crippen LogP contribution is -2.36. The van der Waals surface area contributed by atoms with Crippen molar-refractivity contribution in [3.05, 3.63) is 149 Å². The van der Waals surface area contributed by atoms with Gasteiger partial charge >= 0.3 is 11.9 Å². The van der Waals surface area contributed by atoms with Crippen LogP contribution >= 0.6 is 69.9 Å². The normalized spacial score (nSPS) is 23.1. The maximum Gasteiger partial charge on any atom is 0.346 e. The van der Waals surface area contributed by atoms with Crippen molar-refractivity contribution >= 4 is 92.2 Å². The van der Waals surface area contributed by atoms with Gasteiger partial charge in [-0.2, -0.15) is 0 Å². The largest absolute Gasteiger partial charge is 0.477 e. The van der Waals surface area contributed by atoms with E-state index >= 15 is 0 Å². The van der Waals surface area contributed by atoms with Crippen LogP contribution in [-0.2, 0) is 25.4 Å². The summed E-state index contributed by atoms with van der Waals surface area (Å²) in [5, 5.41) is 13.6. The summed E-state index contributed by atoms with van der Waals surface area (Å²) in [6.45, 7) is 14.4. The first kappa shape index (κ1) is 44.0. The van der Waals surface area contributed by atoms with Gasteiger partial charge < -0.3 is 19.6 Å². The molecule has 6 heterocycles. The summed E-state index contributed by atoms with van der Waals surface area (Å²) >= 11 is 27.0. The summed E-state index contributed by atoms with van der Waals surface area (Å²) in [5.41, 5.74) is 3.95. The van der Waals surface area contributed by atoms with Gasteiger partial charge in [0.25, 0.3) is 0 Å². The first-order chi connectivity index (χ1) is 28.5. The van der Waals surface area contributed by atoms with E-state index in [2.05, 4.69) is 35.6 Å². The summed E-state index contributed by atoms with van der Waals surface area (Å²) in [7, 11) is 0. The number of carbonyl (C=O) groups is 2. The Morgan fingerprint density at radius 2 is 1.05 bits per heavy atom. The van der Waals surface area contributed by atoms with Gasteiger partial charge in [0.15, 0.2) is 10.3 Å². The number of benzene rings is 2. The molecule has 0 radical (unpaired) electrons. The number of halogens is 4. The van der Waals surface area contributed by atoms with Crippen LogP contribution in [0.2, 0.25) is 20.1 Å². The Labute approximate surface area is 378 Å². The van der Waals surface area contributed by atoms with E-state index in [-0.39, 0.29) is 29.9 Å². The molecule has 0 saturated heterocycles. The van der Waals surface area contributed by atoms with Crippen molar-refractivity contribution in [2.45, 2.75) is 71.6 Å². The molecular formula is C44H42Cl4N6O4S2. The molecule has 0 saturated carbocycles. The van der Waals surface area contributed by atoms with Gasteiger partial charge in [-0.1, -0.05) is 98.4 Å². The zero-order valence-corrected chi connectivity index (χ0v) is 38.4. The van der Waals surface area contributed by atoms with E-state index in [4.69, 9.17) is 61.1 Å². The van der Waals surface area contributed by atoms with Crippen molar-refractivity contribution in [2.75, 3.05) is 6.61 Å². The number of hydrogen-bond acceptors (Lipinski definition) is 11. The fourth-order valence-corrected chi connectivity index (χ4v) is 11.0. The number of aliphatic carboxylic acids is 1. The molecule has 0 amide bonds. The average molecular weight is 925 g/mol. The molecule has 312 valence electrons. The molecule has 8 rings (SSSR count). The number of rotatable bonds is 9. The number of carboxylic acid groups (broad SMARTS) is 1. The van der Waals surface area contributed by atoms with Gasteiger partial charge in [-0.25, -0.2) is 19.6 Å². The summed E-state index contributed by atoms with van der Waals surface area (Å²) in [6.07, 6.45) is 3.25. The van der Waals surface area contributed by atoms with E-state index in [1.807, 2.05) is 99.3 Å². The number of aromatic nitrogens is 2. The number of amidine groups is 2. The van der Waals surface area contributed by atoms with E-state index < -0.39 is 17.0 Å². The molecule has 1 N–H and O–H groups in total. The van der Waals surface area contributed by atoms with Gasteiger partial charge in [-0.15, -0.1) is 0 Å². The SMILES string of the molecule is CC(C)C1=C(C(=O)O)SC2=N[C@@](C)(c3ccc(Cl)cc3)[C@@H](c3ccc(Cl)cn3)N21.CCOC(=O)C1=C(C(C)C)N2C(=N[C@@](C)(c3ccc(Cl)cc3)[C@H]2c2ccc(Cl)cn2)S1. The third-order valence-electron chi connectivity index (χ3n) is 10.7. The smallest absolute Gasteiger partial charge is 0.346 e. The van der Waals surface area contributed by atoms with Crippen molar-refractivity contribution in [3.63, 3.8) is 0 Å². The predicted octanol–water partition coefficient (Wildman–Crippen LogP) is 11.9. The number of carbonyl (C=O) groups excluding carboxylic acids is 1.